The second-order valence-corrected chi connectivity index (χ2v) is 5.62. The molecule has 15 heavy (non-hydrogen) atoms. The molecule has 0 amide bonds. The Balaban J connectivity index is 2.40. The van der Waals surface area contributed by atoms with Crippen molar-refractivity contribution in [3.63, 3.8) is 0 Å². The third-order valence-corrected chi connectivity index (χ3v) is 4.00. The van der Waals surface area contributed by atoms with E-state index in [1.54, 1.807) is 0 Å². The maximum atomic E-state index is 12.3. The van der Waals surface area contributed by atoms with Crippen LogP contribution in [0.2, 0.25) is 0 Å². The van der Waals surface area contributed by atoms with Gasteiger partial charge in [-0.05, 0) is 24.8 Å². The summed E-state index contributed by atoms with van der Waals surface area (Å²) in [5, 5.41) is 0. The van der Waals surface area contributed by atoms with E-state index < -0.39 is 11.0 Å². The average molecular weight is 288 g/mol. The lowest BCUT2D eigenvalue weighted by Crippen LogP contribution is -2.44. The number of alkyl halides is 4. The van der Waals surface area contributed by atoms with Crippen LogP contribution in [-0.2, 0) is 0 Å². The van der Waals surface area contributed by atoms with Crippen LogP contribution in [0.1, 0.15) is 20.3 Å². The zero-order valence-corrected chi connectivity index (χ0v) is 10.6. The largest absolute Gasteiger partial charge is 0.402 e. The standard InChI is InChI=1S/C10H17BrF3N/c1-7-3-4-15(5-8(7)2)6-9(11)10(12,13)14/h7-9H,3-6H2,1-2H3. The third-order valence-electron chi connectivity index (χ3n) is 3.19. The first kappa shape index (κ1) is 13.3. The molecule has 3 unspecified atom stereocenters. The SMILES string of the molecule is CC1CCN(CC(Br)C(F)(F)F)CC1C. The highest BCUT2D eigenvalue weighted by Crippen LogP contribution is 2.29. The van der Waals surface area contributed by atoms with Crippen molar-refractivity contribution < 1.29 is 13.2 Å². The molecule has 1 aliphatic rings. The Kier molecular flexibility index (Phi) is 4.47. The third kappa shape index (κ3) is 3.94. The first-order valence-corrected chi connectivity index (χ1v) is 6.15. The van der Waals surface area contributed by atoms with Crippen molar-refractivity contribution in [3.8, 4) is 0 Å². The Bertz CT molecular complexity index is 207. The number of hydrogen-bond acceptors (Lipinski definition) is 1. The van der Waals surface area contributed by atoms with Crippen LogP contribution < -0.4 is 0 Å². The molecule has 5 heteroatoms. The quantitative estimate of drug-likeness (QED) is 0.705. The Hall–Kier alpha value is 0.230. The smallest absolute Gasteiger partial charge is 0.302 e. The van der Waals surface area contributed by atoms with Gasteiger partial charge in [-0.1, -0.05) is 29.8 Å². The number of piperidine rings is 1. The summed E-state index contributed by atoms with van der Waals surface area (Å²) in [5.74, 6) is 1.12. The maximum absolute atomic E-state index is 12.3. The molecule has 0 aromatic rings. The summed E-state index contributed by atoms with van der Waals surface area (Å²) in [7, 11) is 0. The van der Waals surface area contributed by atoms with Gasteiger partial charge in [0.15, 0.2) is 0 Å². The summed E-state index contributed by atoms with van der Waals surface area (Å²) in [5.41, 5.74) is 0. The molecule has 90 valence electrons. The molecule has 0 N–H and O–H groups in total. The van der Waals surface area contributed by atoms with Crippen molar-refractivity contribution in [2.24, 2.45) is 11.8 Å². The fourth-order valence-corrected chi connectivity index (χ4v) is 2.25. The van der Waals surface area contributed by atoms with Gasteiger partial charge in [0.2, 0.25) is 0 Å². The van der Waals surface area contributed by atoms with Crippen LogP contribution in [-0.4, -0.2) is 35.5 Å². The van der Waals surface area contributed by atoms with E-state index in [0.29, 0.717) is 11.8 Å². The molecule has 0 aromatic carbocycles. The minimum absolute atomic E-state index is 0.0700. The molecule has 0 saturated carbocycles. The monoisotopic (exact) mass is 287 g/mol. The molecule has 3 atom stereocenters. The van der Waals surface area contributed by atoms with E-state index in [2.05, 4.69) is 29.8 Å². The number of rotatable bonds is 2. The van der Waals surface area contributed by atoms with E-state index in [4.69, 9.17) is 0 Å². The van der Waals surface area contributed by atoms with Crippen molar-refractivity contribution in [1.29, 1.82) is 0 Å². The van der Waals surface area contributed by atoms with Crippen LogP contribution in [0.15, 0.2) is 0 Å². The van der Waals surface area contributed by atoms with Gasteiger partial charge in [-0.15, -0.1) is 0 Å². The van der Waals surface area contributed by atoms with Crippen molar-refractivity contribution in [2.45, 2.75) is 31.3 Å². The predicted octanol–water partition coefficient (Wildman–Crippen LogP) is 3.29. The van der Waals surface area contributed by atoms with Crippen molar-refractivity contribution in [2.75, 3.05) is 19.6 Å². The normalized spacial score (nSPS) is 31.6. The highest BCUT2D eigenvalue weighted by molar-refractivity contribution is 9.09. The summed E-state index contributed by atoms with van der Waals surface area (Å²) in [6.07, 6.45) is -3.13. The molecular formula is C10H17BrF3N. The molecule has 0 aromatic heterocycles. The van der Waals surface area contributed by atoms with Crippen LogP contribution in [0.25, 0.3) is 0 Å². The second-order valence-electron chi connectivity index (χ2n) is 4.51. The van der Waals surface area contributed by atoms with E-state index in [9.17, 15) is 13.2 Å². The summed E-state index contributed by atoms with van der Waals surface area (Å²) in [6.45, 7) is 5.90. The molecular weight excluding hydrogens is 271 g/mol. The number of nitrogens with zero attached hydrogens (tertiary/aromatic N) is 1. The first-order chi connectivity index (χ1) is 6.80. The number of likely N-dealkylation sites (tertiary alicyclic amines) is 1. The Morgan fingerprint density at radius 2 is 1.93 bits per heavy atom. The zero-order valence-electron chi connectivity index (χ0n) is 9.02. The zero-order chi connectivity index (χ0) is 11.6. The van der Waals surface area contributed by atoms with Crippen LogP contribution >= 0.6 is 15.9 Å². The van der Waals surface area contributed by atoms with Crippen LogP contribution in [0.4, 0.5) is 13.2 Å². The van der Waals surface area contributed by atoms with Gasteiger partial charge in [0.25, 0.3) is 0 Å². The Morgan fingerprint density at radius 3 is 2.40 bits per heavy atom. The minimum atomic E-state index is -4.13. The second kappa shape index (κ2) is 5.04. The Labute approximate surface area is 97.1 Å². The van der Waals surface area contributed by atoms with Gasteiger partial charge in [-0.2, -0.15) is 13.2 Å². The lowest BCUT2D eigenvalue weighted by atomic mass is 9.89. The maximum Gasteiger partial charge on any atom is 0.402 e. The van der Waals surface area contributed by atoms with Crippen LogP contribution in [0, 0.1) is 11.8 Å². The summed E-state index contributed by atoms with van der Waals surface area (Å²) in [4.78, 5) is 0.503. The van der Waals surface area contributed by atoms with Gasteiger partial charge in [0.1, 0.15) is 4.83 Å². The minimum Gasteiger partial charge on any atom is -0.302 e. The summed E-state index contributed by atoms with van der Waals surface area (Å²) < 4.78 is 36.9. The molecule has 0 spiro atoms. The molecule has 0 aliphatic carbocycles. The first-order valence-electron chi connectivity index (χ1n) is 5.24. The summed E-state index contributed by atoms with van der Waals surface area (Å²) in [6, 6.07) is 0. The summed E-state index contributed by atoms with van der Waals surface area (Å²) >= 11 is 2.70. The lowest BCUT2D eigenvalue weighted by molar-refractivity contribution is -0.131. The molecule has 1 aliphatic heterocycles. The Morgan fingerprint density at radius 1 is 1.33 bits per heavy atom. The van der Waals surface area contributed by atoms with Gasteiger partial charge in [0, 0.05) is 13.1 Å². The average Bonchev–Trinajstić information content (AvgIpc) is 2.10. The van der Waals surface area contributed by atoms with Gasteiger partial charge >= 0.3 is 6.18 Å². The van der Waals surface area contributed by atoms with E-state index in [0.717, 1.165) is 19.5 Å². The fraction of sp³-hybridized carbons (Fsp3) is 1.00. The molecule has 1 rings (SSSR count). The van der Waals surface area contributed by atoms with Crippen LogP contribution in [0.3, 0.4) is 0 Å². The van der Waals surface area contributed by atoms with Crippen LogP contribution in [0.5, 0.6) is 0 Å². The van der Waals surface area contributed by atoms with Crippen molar-refractivity contribution >= 4 is 15.9 Å². The predicted molar refractivity (Wildman–Crippen MR) is 58.2 cm³/mol. The van der Waals surface area contributed by atoms with E-state index >= 15 is 0 Å². The molecule has 1 fully saturated rings. The van der Waals surface area contributed by atoms with Crippen molar-refractivity contribution in [3.05, 3.63) is 0 Å². The topological polar surface area (TPSA) is 3.24 Å². The van der Waals surface area contributed by atoms with E-state index in [-0.39, 0.29) is 6.54 Å². The highest BCUT2D eigenvalue weighted by atomic mass is 79.9. The fourth-order valence-electron chi connectivity index (χ4n) is 1.85. The highest BCUT2D eigenvalue weighted by Gasteiger charge is 2.39. The number of halogens is 4. The molecule has 1 heterocycles. The molecule has 1 nitrogen and oxygen atoms in total. The number of hydrogen-bond donors (Lipinski definition) is 0. The van der Waals surface area contributed by atoms with Crippen molar-refractivity contribution in [1.82, 2.24) is 4.90 Å². The molecule has 0 bridgehead atoms. The molecule has 1 saturated heterocycles. The van der Waals surface area contributed by atoms with E-state index in [1.807, 2.05) is 4.90 Å². The van der Waals surface area contributed by atoms with Gasteiger partial charge in [0.05, 0.1) is 0 Å². The van der Waals surface area contributed by atoms with E-state index in [1.165, 1.54) is 0 Å². The van der Waals surface area contributed by atoms with Gasteiger partial charge in [-0.3, -0.25) is 0 Å². The van der Waals surface area contributed by atoms with Gasteiger partial charge in [-0.25, -0.2) is 0 Å². The molecule has 0 radical (unpaired) electrons. The lowest BCUT2D eigenvalue weighted by Gasteiger charge is -2.36. The van der Waals surface area contributed by atoms with Gasteiger partial charge < -0.3 is 4.90 Å².